The molecule has 0 saturated carbocycles. The topological polar surface area (TPSA) is 41.4 Å². The Hall–Kier alpha value is -2.14. The number of hydrogen-bond acceptors (Lipinski definition) is 3. The van der Waals surface area contributed by atoms with Crippen LogP contribution < -0.4 is 0 Å². The lowest BCUT2D eigenvalue weighted by atomic mass is 9.73. The van der Waals surface area contributed by atoms with Gasteiger partial charge < -0.3 is 9.47 Å². The molecule has 2 saturated heterocycles. The number of nitrogens with zero attached hydrogens (tertiary/aromatic N) is 4. The fourth-order valence-corrected chi connectivity index (χ4v) is 4.43. The van der Waals surface area contributed by atoms with Crippen molar-refractivity contribution < 1.29 is 4.79 Å². The minimum absolute atomic E-state index is 0.277. The predicted octanol–water partition coefficient (Wildman–Crippen LogP) is 1.87. The van der Waals surface area contributed by atoms with Crippen LogP contribution in [0.15, 0.2) is 42.7 Å². The monoisotopic (exact) mass is 324 g/mol. The van der Waals surface area contributed by atoms with Gasteiger partial charge in [0.25, 0.3) is 0 Å². The standard InChI is InChI=1S/C19H24N4O/c1-21-11-9-20-17(21)13-23-10-8-19(14-23)16(12-22(2)18(19)24)15-6-4-3-5-7-15/h3-7,9,11,16H,8,10,12-14H2,1-2H3/t16-,19-/m1/s1. The molecule has 2 aliphatic rings. The molecule has 0 aliphatic carbocycles. The van der Waals surface area contributed by atoms with Crippen molar-refractivity contribution in [1.29, 1.82) is 0 Å². The van der Waals surface area contributed by atoms with Gasteiger partial charge in [0.15, 0.2) is 0 Å². The van der Waals surface area contributed by atoms with Crippen molar-refractivity contribution in [3.8, 4) is 0 Å². The molecule has 2 aromatic rings. The Morgan fingerprint density at radius 2 is 2.04 bits per heavy atom. The highest BCUT2D eigenvalue weighted by molar-refractivity contribution is 5.87. The van der Waals surface area contributed by atoms with E-state index in [0.717, 1.165) is 38.4 Å². The maximum absolute atomic E-state index is 13.0. The number of hydrogen-bond donors (Lipinski definition) is 0. The molecule has 3 heterocycles. The van der Waals surface area contributed by atoms with Gasteiger partial charge in [0.1, 0.15) is 5.82 Å². The number of aromatic nitrogens is 2. The molecule has 0 unspecified atom stereocenters. The second kappa shape index (κ2) is 5.74. The van der Waals surface area contributed by atoms with E-state index in [4.69, 9.17) is 0 Å². The fourth-order valence-electron chi connectivity index (χ4n) is 4.43. The Labute approximate surface area is 142 Å². The van der Waals surface area contributed by atoms with Gasteiger partial charge in [-0.15, -0.1) is 0 Å². The molecule has 1 spiro atoms. The van der Waals surface area contributed by atoms with Gasteiger partial charge in [-0.05, 0) is 18.5 Å². The summed E-state index contributed by atoms with van der Waals surface area (Å²) in [6, 6.07) is 10.5. The number of imidazole rings is 1. The summed E-state index contributed by atoms with van der Waals surface area (Å²) in [5.74, 6) is 1.64. The van der Waals surface area contributed by atoms with Crippen molar-refractivity contribution in [3.63, 3.8) is 0 Å². The molecule has 0 radical (unpaired) electrons. The Bertz CT molecular complexity index is 741. The molecule has 5 heteroatoms. The molecule has 126 valence electrons. The summed E-state index contributed by atoms with van der Waals surface area (Å²) >= 11 is 0. The molecular weight excluding hydrogens is 300 g/mol. The molecule has 2 atom stereocenters. The van der Waals surface area contributed by atoms with E-state index < -0.39 is 0 Å². The number of aryl methyl sites for hydroxylation is 1. The third-order valence-corrected chi connectivity index (χ3v) is 5.76. The first kappa shape index (κ1) is 15.4. The third kappa shape index (κ3) is 2.35. The number of carbonyl (C=O) groups is 1. The van der Waals surface area contributed by atoms with Crippen LogP contribution in [0.5, 0.6) is 0 Å². The van der Waals surface area contributed by atoms with E-state index >= 15 is 0 Å². The highest BCUT2D eigenvalue weighted by Crippen LogP contribution is 2.49. The zero-order valence-corrected chi connectivity index (χ0v) is 14.4. The van der Waals surface area contributed by atoms with Gasteiger partial charge in [0.05, 0.1) is 12.0 Å². The third-order valence-electron chi connectivity index (χ3n) is 5.76. The van der Waals surface area contributed by atoms with Crippen LogP contribution >= 0.6 is 0 Å². The first-order valence-corrected chi connectivity index (χ1v) is 8.59. The van der Waals surface area contributed by atoms with E-state index in [1.165, 1.54) is 5.56 Å². The molecule has 24 heavy (non-hydrogen) atoms. The lowest BCUT2D eigenvalue weighted by molar-refractivity contribution is -0.134. The van der Waals surface area contributed by atoms with Crippen LogP contribution in [0.4, 0.5) is 0 Å². The largest absolute Gasteiger partial charge is 0.345 e. The van der Waals surface area contributed by atoms with Crippen LogP contribution in [0.25, 0.3) is 0 Å². The van der Waals surface area contributed by atoms with Crippen LogP contribution in [0.1, 0.15) is 23.7 Å². The number of likely N-dealkylation sites (tertiary alicyclic amines) is 2. The molecule has 1 aromatic heterocycles. The fraction of sp³-hybridized carbons (Fsp3) is 0.474. The van der Waals surface area contributed by atoms with Crippen LogP contribution in [0.3, 0.4) is 0 Å². The summed E-state index contributed by atoms with van der Waals surface area (Å²) in [6.07, 6.45) is 4.74. The van der Waals surface area contributed by atoms with Crippen LogP contribution in [0, 0.1) is 5.41 Å². The molecule has 2 aliphatic heterocycles. The van der Waals surface area contributed by atoms with Gasteiger partial charge in [-0.1, -0.05) is 30.3 Å². The number of amides is 1. The van der Waals surface area contributed by atoms with E-state index in [0.29, 0.717) is 5.91 Å². The van der Waals surface area contributed by atoms with Crippen LogP contribution in [-0.4, -0.2) is 51.9 Å². The highest BCUT2D eigenvalue weighted by atomic mass is 16.2. The molecule has 5 nitrogen and oxygen atoms in total. The van der Waals surface area contributed by atoms with E-state index in [9.17, 15) is 4.79 Å². The van der Waals surface area contributed by atoms with Gasteiger partial charge in [-0.3, -0.25) is 9.69 Å². The highest BCUT2D eigenvalue weighted by Gasteiger charge is 2.56. The Morgan fingerprint density at radius 3 is 2.75 bits per heavy atom. The van der Waals surface area contributed by atoms with Crippen molar-refractivity contribution in [2.45, 2.75) is 18.9 Å². The predicted molar refractivity (Wildman–Crippen MR) is 92.4 cm³/mol. The Balaban J connectivity index is 1.60. The summed E-state index contributed by atoms with van der Waals surface area (Å²) < 4.78 is 2.06. The van der Waals surface area contributed by atoms with Gasteiger partial charge in [-0.2, -0.15) is 0 Å². The van der Waals surface area contributed by atoms with Crippen molar-refractivity contribution in [2.75, 3.05) is 26.7 Å². The smallest absolute Gasteiger partial charge is 0.230 e. The summed E-state index contributed by atoms with van der Waals surface area (Å²) in [5.41, 5.74) is 1.01. The quantitative estimate of drug-likeness (QED) is 0.865. The maximum atomic E-state index is 13.0. The zero-order chi connectivity index (χ0) is 16.7. The van der Waals surface area contributed by atoms with Crippen molar-refractivity contribution in [2.24, 2.45) is 12.5 Å². The van der Waals surface area contributed by atoms with Gasteiger partial charge >= 0.3 is 0 Å². The minimum atomic E-state index is -0.277. The minimum Gasteiger partial charge on any atom is -0.345 e. The number of benzene rings is 1. The lowest BCUT2D eigenvalue weighted by Gasteiger charge is -2.28. The number of likely N-dealkylation sites (N-methyl/N-ethyl adjacent to an activating group) is 1. The molecule has 1 aromatic carbocycles. The van der Waals surface area contributed by atoms with Gasteiger partial charge in [-0.25, -0.2) is 4.98 Å². The van der Waals surface area contributed by atoms with Crippen molar-refractivity contribution >= 4 is 5.91 Å². The lowest BCUT2D eigenvalue weighted by Crippen LogP contribution is -2.38. The molecular formula is C19H24N4O. The normalized spacial score (nSPS) is 27.5. The molecule has 0 bridgehead atoms. The molecule has 1 amide bonds. The summed E-state index contributed by atoms with van der Waals surface area (Å²) in [6.45, 7) is 3.40. The average molecular weight is 324 g/mol. The Kier molecular flexibility index (Phi) is 3.68. The molecule has 4 rings (SSSR count). The van der Waals surface area contributed by atoms with E-state index in [1.807, 2.05) is 37.5 Å². The van der Waals surface area contributed by atoms with Crippen LogP contribution in [-0.2, 0) is 18.4 Å². The van der Waals surface area contributed by atoms with E-state index in [1.54, 1.807) is 0 Å². The second-order valence-corrected chi connectivity index (χ2v) is 7.22. The Morgan fingerprint density at radius 1 is 1.25 bits per heavy atom. The number of carbonyl (C=O) groups excluding carboxylic acids is 1. The van der Waals surface area contributed by atoms with Crippen LogP contribution in [0.2, 0.25) is 0 Å². The molecule has 2 fully saturated rings. The van der Waals surface area contributed by atoms with E-state index in [2.05, 4.69) is 38.7 Å². The second-order valence-electron chi connectivity index (χ2n) is 7.22. The maximum Gasteiger partial charge on any atom is 0.230 e. The summed E-state index contributed by atoms with van der Waals surface area (Å²) in [4.78, 5) is 21.7. The SMILES string of the molecule is CN1C[C@H](c2ccccc2)[C@]2(CCN(Cc3nccn3C)C2)C1=O. The van der Waals surface area contributed by atoms with E-state index in [-0.39, 0.29) is 11.3 Å². The summed E-state index contributed by atoms with van der Waals surface area (Å²) in [5, 5.41) is 0. The van der Waals surface area contributed by atoms with Crippen molar-refractivity contribution in [1.82, 2.24) is 19.4 Å². The average Bonchev–Trinajstić information content (AvgIpc) is 3.26. The van der Waals surface area contributed by atoms with Crippen molar-refractivity contribution in [3.05, 3.63) is 54.1 Å². The van der Waals surface area contributed by atoms with Gasteiger partial charge in [0, 0.05) is 45.5 Å². The first-order valence-electron chi connectivity index (χ1n) is 8.59. The molecule has 0 N–H and O–H groups in total. The number of rotatable bonds is 3. The van der Waals surface area contributed by atoms with Gasteiger partial charge in [0.2, 0.25) is 5.91 Å². The summed E-state index contributed by atoms with van der Waals surface area (Å²) in [7, 11) is 3.96. The first-order chi connectivity index (χ1) is 11.6. The zero-order valence-electron chi connectivity index (χ0n) is 14.4.